The summed E-state index contributed by atoms with van der Waals surface area (Å²) in [5.74, 6) is 0. The van der Waals surface area contributed by atoms with Gasteiger partial charge in [-0.2, -0.15) is 4.31 Å². The number of sulfonamides is 1. The Morgan fingerprint density at radius 3 is 2.42 bits per heavy atom. The zero-order valence-electron chi connectivity index (χ0n) is 14.0. The van der Waals surface area contributed by atoms with Gasteiger partial charge in [-0.1, -0.05) is 30.3 Å². The first-order valence-electron chi connectivity index (χ1n) is 9.06. The van der Waals surface area contributed by atoms with Crippen molar-refractivity contribution in [1.82, 2.24) is 9.21 Å². The molecule has 0 aromatic heterocycles. The van der Waals surface area contributed by atoms with Gasteiger partial charge in [0.05, 0.1) is 24.0 Å². The first-order chi connectivity index (χ1) is 11.7. The van der Waals surface area contributed by atoms with Crippen molar-refractivity contribution in [2.24, 2.45) is 0 Å². The second-order valence-corrected chi connectivity index (χ2v) is 9.29. The van der Waals surface area contributed by atoms with E-state index in [4.69, 9.17) is 4.74 Å². The molecule has 2 atom stereocenters. The van der Waals surface area contributed by atoms with Crippen LogP contribution in [0.1, 0.15) is 37.3 Å². The minimum atomic E-state index is -3.22. The van der Waals surface area contributed by atoms with Gasteiger partial charge in [-0.05, 0) is 44.3 Å². The molecule has 132 valence electrons. The molecular formula is C18H26N2O3S. The maximum atomic E-state index is 13.0. The Balaban J connectivity index is 1.64. The number of nitrogens with zero attached hydrogens (tertiary/aromatic N) is 2. The minimum Gasteiger partial charge on any atom is -0.373 e. The van der Waals surface area contributed by atoms with Crippen LogP contribution in [0.5, 0.6) is 0 Å². The number of morpholine rings is 1. The highest BCUT2D eigenvalue weighted by Crippen LogP contribution is 2.39. The molecule has 4 rings (SSSR count). The molecule has 3 fully saturated rings. The zero-order valence-corrected chi connectivity index (χ0v) is 14.8. The van der Waals surface area contributed by atoms with Crippen LogP contribution in [0.2, 0.25) is 0 Å². The number of ether oxygens (including phenoxy) is 1. The lowest BCUT2D eigenvalue weighted by Crippen LogP contribution is -2.52. The average Bonchev–Trinajstić information content (AvgIpc) is 3.35. The molecule has 0 spiro atoms. The Bertz CT molecular complexity index is 654. The van der Waals surface area contributed by atoms with Crippen LogP contribution in [0, 0.1) is 0 Å². The van der Waals surface area contributed by atoms with Crippen molar-refractivity contribution in [2.45, 2.75) is 43.1 Å². The molecular weight excluding hydrogens is 324 g/mol. The molecule has 0 N–H and O–H groups in total. The van der Waals surface area contributed by atoms with Crippen LogP contribution in [0.25, 0.3) is 0 Å². The molecule has 0 bridgehead atoms. The van der Waals surface area contributed by atoms with Gasteiger partial charge >= 0.3 is 0 Å². The normalized spacial score (nSPS) is 29.8. The quantitative estimate of drug-likeness (QED) is 0.815. The van der Waals surface area contributed by atoms with Crippen LogP contribution in [0.4, 0.5) is 0 Å². The molecule has 2 aliphatic heterocycles. The molecule has 0 unspecified atom stereocenters. The lowest BCUT2D eigenvalue weighted by molar-refractivity contribution is -0.0543. The standard InChI is InChI=1S/C18H26N2O3S/c21-24(22,16-8-9-16)20-12-13-23-17(14-19-10-4-5-11-19)18(20)15-6-2-1-3-7-15/h1-3,6-7,16-18H,4-5,8-14H2/t17-,18-/m0/s1. The summed E-state index contributed by atoms with van der Waals surface area (Å²) in [5.41, 5.74) is 1.05. The van der Waals surface area contributed by atoms with Gasteiger partial charge in [-0.3, -0.25) is 0 Å². The molecule has 2 saturated heterocycles. The first kappa shape index (κ1) is 16.5. The molecule has 5 nitrogen and oxygen atoms in total. The van der Waals surface area contributed by atoms with Crippen molar-refractivity contribution >= 4 is 10.0 Å². The summed E-state index contributed by atoms with van der Waals surface area (Å²) in [6.07, 6.45) is 3.98. The fourth-order valence-corrected chi connectivity index (χ4v) is 5.97. The average molecular weight is 350 g/mol. The van der Waals surface area contributed by atoms with Crippen molar-refractivity contribution in [2.75, 3.05) is 32.8 Å². The van der Waals surface area contributed by atoms with Crippen molar-refractivity contribution in [3.05, 3.63) is 35.9 Å². The monoisotopic (exact) mass is 350 g/mol. The highest BCUT2D eigenvalue weighted by Gasteiger charge is 2.47. The van der Waals surface area contributed by atoms with E-state index >= 15 is 0 Å². The molecule has 1 saturated carbocycles. The van der Waals surface area contributed by atoms with E-state index in [1.807, 2.05) is 30.3 Å². The number of hydrogen-bond donors (Lipinski definition) is 0. The topological polar surface area (TPSA) is 49.9 Å². The zero-order chi connectivity index (χ0) is 16.6. The first-order valence-corrected chi connectivity index (χ1v) is 10.6. The Morgan fingerprint density at radius 1 is 1.04 bits per heavy atom. The third-order valence-corrected chi connectivity index (χ3v) is 7.73. The van der Waals surface area contributed by atoms with Gasteiger partial charge in [-0.25, -0.2) is 8.42 Å². The smallest absolute Gasteiger partial charge is 0.217 e. The van der Waals surface area contributed by atoms with Crippen molar-refractivity contribution in [3.8, 4) is 0 Å². The molecule has 3 aliphatic rings. The molecule has 0 amide bonds. The third-order valence-electron chi connectivity index (χ3n) is 5.36. The Labute approximate surface area is 144 Å². The maximum Gasteiger partial charge on any atom is 0.217 e. The largest absolute Gasteiger partial charge is 0.373 e. The minimum absolute atomic E-state index is 0.0900. The van der Waals surface area contributed by atoms with Crippen LogP contribution in [-0.4, -0.2) is 61.8 Å². The van der Waals surface area contributed by atoms with Gasteiger partial charge in [0.1, 0.15) is 0 Å². The van der Waals surface area contributed by atoms with Gasteiger partial charge in [0, 0.05) is 13.1 Å². The van der Waals surface area contributed by atoms with Crippen LogP contribution in [0.3, 0.4) is 0 Å². The van der Waals surface area contributed by atoms with Gasteiger partial charge in [0.25, 0.3) is 0 Å². The summed E-state index contributed by atoms with van der Waals surface area (Å²) in [7, 11) is -3.22. The van der Waals surface area contributed by atoms with E-state index in [2.05, 4.69) is 4.90 Å². The maximum absolute atomic E-state index is 13.0. The van der Waals surface area contributed by atoms with Crippen LogP contribution in [0.15, 0.2) is 30.3 Å². The molecule has 24 heavy (non-hydrogen) atoms. The Kier molecular flexibility index (Phi) is 4.64. The molecule has 2 heterocycles. The van der Waals surface area contributed by atoms with Gasteiger partial charge in [0.15, 0.2) is 0 Å². The summed E-state index contributed by atoms with van der Waals surface area (Å²) in [5, 5.41) is -0.172. The summed E-state index contributed by atoms with van der Waals surface area (Å²) in [4.78, 5) is 2.41. The SMILES string of the molecule is O=S(=O)(C1CC1)N1CCO[C@@H](CN2CCCC2)[C@@H]1c1ccccc1. The molecule has 1 aliphatic carbocycles. The van der Waals surface area contributed by atoms with E-state index < -0.39 is 10.0 Å². The second kappa shape index (κ2) is 6.75. The number of hydrogen-bond acceptors (Lipinski definition) is 4. The molecule has 6 heteroatoms. The second-order valence-electron chi connectivity index (χ2n) is 7.13. The van der Waals surface area contributed by atoms with E-state index in [-0.39, 0.29) is 17.4 Å². The van der Waals surface area contributed by atoms with Crippen LogP contribution < -0.4 is 0 Å². The van der Waals surface area contributed by atoms with E-state index in [1.165, 1.54) is 12.8 Å². The van der Waals surface area contributed by atoms with E-state index in [0.717, 1.165) is 38.0 Å². The van der Waals surface area contributed by atoms with Crippen molar-refractivity contribution in [1.29, 1.82) is 0 Å². The predicted octanol–water partition coefficient (Wildman–Crippen LogP) is 2.02. The lowest BCUT2D eigenvalue weighted by Gasteiger charge is -2.42. The number of rotatable bonds is 5. The number of benzene rings is 1. The highest BCUT2D eigenvalue weighted by atomic mass is 32.2. The Morgan fingerprint density at radius 2 is 1.75 bits per heavy atom. The van der Waals surface area contributed by atoms with E-state index in [1.54, 1.807) is 4.31 Å². The molecule has 1 aromatic rings. The van der Waals surface area contributed by atoms with E-state index in [0.29, 0.717) is 13.2 Å². The Hall–Kier alpha value is -0.950. The van der Waals surface area contributed by atoms with Crippen LogP contribution >= 0.6 is 0 Å². The summed E-state index contributed by atoms with van der Waals surface area (Å²) in [6, 6.07) is 9.81. The third kappa shape index (κ3) is 3.25. The highest BCUT2D eigenvalue weighted by molar-refractivity contribution is 7.90. The van der Waals surface area contributed by atoms with Gasteiger partial charge < -0.3 is 9.64 Å². The van der Waals surface area contributed by atoms with Crippen molar-refractivity contribution < 1.29 is 13.2 Å². The summed E-state index contributed by atoms with van der Waals surface area (Å²) >= 11 is 0. The number of likely N-dealkylation sites (tertiary alicyclic amines) is 1. The van der Waals surface area contributed by atoms with Gasteiger partial charge in [-0.15, -0.1) is 0 Å². The summed E-state index contributed by atoms with van der Waals surface area (Å²) < 4.78 is 33.8. The summed E-state index contributed by atoms with van der Waals surface area (Å²) in [6.45, 7) is 3.96. The fourth-order valence-electron chi connectivity index (χ4n) is 3.96. The van der Waals surface area contributed by atoms with E-state index in [9.17, 15) is 8.42 Å². The van der Waals surface area contributed by atoms with Gasteiger partial charge in [0.2, 0.25) is 10.0 Å². The van der Waals surface area contributed by atoms with Crippen molar-refractivity contribution in [3.63, 3.8) is 0 Å². The lowest BCUT2D eigenvalue weighted by atomic mass is 9.99. The van der Waals surface area contributed by atoms with Crippen LogP contribution in [-0.2, 0) is 14.8 Å². The molecule has 0 radical (unpaired) electrons. The fraction of sp³-hybridized carbons (Fsp3) is 0.667. The predicted molar refractivity (Wildman–Crippen MR) is 93.2 cm³/mol. The molecule has 1 aromatic carbocycles.